The van der Waals surface area contributed by atoms with Crippen molar-refractivity contribution in [1.82, 2.24) is 24.9 Å². The van der Waals surface area contributed by atoms with Gasteiger partial charge in [0, 0.05) is 13.1 Å². The van der Waals surface area contributed by atoms with Gasteiger partial charge in [0.05, 0.1) is 11.7 Å². The molecule has 0 aliphatic carbocycles. The van der Waals surface area contributed by atoms with Crippen molar-refractivity contribution in [3.05, 3.63) is 41.7 Å². The molecule has 1 aromatic heterocycles. The van der Waals surface area contributed by atoms with Gasteiger partial charge in [0.15, 0.2) is 5.82 Å². The zero-order valence-electron chi connectivity index (χ0n) is 11.7. The Morgan fingerprint density at radius 3 is 2.38 bits per heavy atom. The van der Waals surface area contributed by atoms with Crippen molar-refractivity contribution >= 4 is 10.0 Å². The third-order valence-corrected chi connectivity index (χ3v) is 5.45. The summed E-state index contributed by atoms with van der Waals surface area (Å²) in [6.07, 6.45) is 2.53. The molecule has 1 fully saturated rings. The zero-order valence-corrected chi connectivity index (χ0v) is 12.5. The first-order valence-corrected chi connectivity index (χ1v) is 8.62. The fraction of sp³-hybridized carbons (Fsp3) is 0.462. The number of hydrogen-bond donors (Lipinski definition) is 1. The molecule has 2 aromatic rings. The number of sulfonamides is 1. The molecule has 112 valence electrons. The van der Waals surface area contributed by atoms with Crippen LogP contribution >= 0.6 is 0 Å². The Bertz CT molecular complexity index is 691. The summed E-state index contributed by atoms with van der Waals surface area (Å²) in [5.41, 5.74) is 0.717. The van der Waals surface area contributed by atoms with Crippen molar-refractivity contribution in [2.75, 3.05) is 19.3 Å². The Morgan fingerprint density at radius 1 is 1.19 bits per heavy atom. The Balaban J connectivity index is 1.98. The average Bonchev–Trinajstić information content (AvgIpc) is 3.02. The highest BCUT2D eigenvalue weighted by Crippen LogP contribution is 2.39. The van der Waals surface area contributed by atoms with E-state index in [-0.39, 0.29) is 5.41 Å². The maximum atomic E-state index is 11.7. The summed E-state index contributed by atoms with van der Waals surface area (Å²) in [7, 11) is -3.16. The molecular formula is C13H17N5O2S. The predicted octanol–water partition coefficient (Wildman–Crippen LogP) is 0.541. The highest BCUT2D eigenvalue weighted by molar-refractivity contribution is 7.88. The van der Waals surface area contributed by atoms with Crippen molar-refractivity contribution in [3.8, 4) is 0 Å². The average molecular weight is 307 g/mol. The lowest BCUT2D eigenvalue weighted by Crippen LogP contribution is -2.45. The Kier molecular flexibility index (Phi) is 3.50. The van der Waals surface area contributed by atoms with Crippen molar-refractivity contribution in [2.24, 2.45) is 0 Å². The van der Waals surface area contributed by atoms with Gasteiger partial charge in [-0.3, -0.25) is 0 Å². The van der Waals surface area contributed by atoms with Gasteiger partial charge in [-0.15, -0.1) is 10.2 Å². The number of aromatic nitrogens is 4. The normalized spacial score (nSPS) is 19.5. The lowest BCUT2D eigenvalue weighted by atomic mass is 9.72. The minimum Gasteiger partial charge on any atom is -0.213 e. The molecule has 1 N–H and O–H groups in total. The Labute approximate surface area is 123 Å². The third kappa shape index (κ3) is 2.56. The van der Waals surface area contributed by atoms with E-state index in [0.29, 0.717) is 31.8 Å². The van der Waals surface area contributed by atoms with Crippen LogP contribution in [0, 0.1) is 0 Å². The first kappa shape index (κ1) is 14.2. The molecule has 1 aliphatic heterocycles. The van der Waals surface area contributed by atoms with Gasteiger partial charge in [-0.1, -0.05) is 35.5 Å². The van der Waals surface area contributed by atoms with Crippen molar-refractivity contribution in [3.63, 3.8) is 0 Å². The van der Waals surface area contributed by atoms with Crippen molar-refractivity contribution in [1.29, 1.82) is 0 Å². The fourth-order valence-electron chi connectivity index (χ4n) is 2.96. The molecule has 0 unspecified atom stereocenters. The molecule has 2 heterocycles. The van der Waals surface area contributed by atoms with Crippen LogP contribution in [0.25, 0.3) is 0 Å². The first-order valence-electron chi connectivity index (χ1n) is 6.77. The van der Waals surface area contributed by atoms with Crippen LogP contribution in [0.2, 0.25) is 0 Å². The van der Waals surface area contributed by atoms with Gasteiger partial charge in [-0.25, -0.2) is 12.7 Å². The fourth-order valence-corrected chi connectivity index (χ4v) is 3.81. The van der Waals surface area contributed by atoms with Gasteiger partial charge >= 0.3 is 0 Å². The van der Waals surface area contributed by atoms with Crippen molar-refractivity contribution < 1.29 is 8.42 Å². The van der Waals surface area contributed by atoms with Crippen LogP contribution in [-0.2, 0) is 15.4 Å². The first-order chi connectivity index (χ1) is 10.0. The van der Waals surface area contributed by atoms with E-state index >= 15 is 0 Å². The molecule has 1 aliphatic rings. The maximum Gasteiger partial charge on any atom is 0.211 e. The van der Waals surface area contributed by atoms with Gasteiger partial charge in [-0.05, 0) is 18.4 Å². The van der Waals surface area contributed by atoms with E-state index in [1.54, 1.807) is 0 Å². The predicted molar refractivity (Wildman–Crippen MR) is 77.1 cm³/mol. The molecule has 0 bridgehead atoms. The number of H-pyrrole nitrogens is 1. The summed E-state index contributed by atoms with van der Waals surface area (Å²) in [6, 6.07) is 9.97. The van der Waals surface area contributed by atoms with E-state index in [1.165, 1.54) is 10.6 Å². The van der Waals surface area contributed by atoms with Crippen LogP contribution in [0.5, 0.6) is 0 Å². The topological polar surface area (TPSA) is 91.8 Å². The van der Waals surface area contributed by atoms with Crippen LogP contribution in [0.1, 0.15) is 24.2 Å². The summed E-state index contributed by atoms with van der Waals surface area (Å²) in [5.74, 6) is 0.627. The van der Waals surface area contributed by atoms with Crippen LogP contribution in [0.3, 0.4) is 0 Å². The maximum absolute atomic E-state index is 11.7. The number of hydrogen-bond acceptors (Lipinski definition) is 5. The Hall–Kier alpha value is -1.80. The standard InChI is InChI=1S/C13H17N5O2S/c1-21(19,20)18-9-7-13(8-10-18,12-14-16-17-15-12)11-5-3-2-4-6-11/h2-6H,7-10H2,1H3,(H,14,15,16,17). The number of piperidine rings is 1. The second kappa shape index (κ2) is 5.19. The molecule has 0 atom stereocenters. The van der Waals surface area contributed by atoms with E-state index in [9.17, 15) is 8.42 Å². The molecule has 1 aromatic carbocycles. The molecule has 0 spiro atoms. The van der Waals surface area contributed by atoms with E-state index in [4.69, 9.17) is 0 Å². The largest absolute Gasteiger partial charge is 0.213 e. The number of aromatic amines is 1. The molecule has 7 nitrogen and oxygen atoms in total. The Morgan fingerprint density at radius 2 is 1.86 bits per heavy atom. The molecular weight excluding hydrogens is 290 g/mol. The highest BCUT2D eigenvalue weighted by atomic mass is 32.2. The second-order valence-corrected chi connectivity index (χ2v) is 7.33. The van der Waals surface area contributed by atoms with Crippen molar-refractivity contribution in [2.45, 2.75) is 18.3 Å². The van der Waals surface area contributed by atoms with Crippen LogP contribution < -0.4 is 0 Å². The van der Waals surface area contributed by atoms with E-state index in [1.807, 2.05) is 30.3 Å². The van der Waals surface area contributed by atoms with Crippen LogP contribution in [-0.4, -0.2) is 52.7 Å². The molecule has 21 heavy (non-hydrogen) atoms. The SMILES string of the molecule is CS(=O)(=O)N1CCC(c2ccccc2)(c2nn[nH]n2)CC1. The number of nitrogens with zero attached hydrogens (tertiary/aromatic N) is 4. The molecule has 0 amide bonds. The molecule has 8 heteroatoms. The third-order valence-electron chi connectivity index (χ3n) is 4.14. The van der Waals surface area contributed by atoms with Gasteiger partial charge in [0.1, 0.15) is 0 Å². The van der Waals surface area contributed by atoms with E-state index < -0.39 is 10.0 Å². The molecule has 3 rings (SSSR count). The van der Waals surface area contributed by atoms with Gasteiger partial charge < -0.3 is 0 Å². The summed E-state index contributed by atoms with van der Waals surface area (Å²) in [4.78, 5) is 0. The molecule has 1 saturated heterocycles. The number of tetrazole rings is 1. The van der Waals surface area contributed by atoms with E-state index in [2.05, 4.69) is 20.6 Å². The summed E-state index contributed by atoms with van der Waals surface area (Å²) in [6.45, 7) is 0.921. The number of benzene rings is 1. The molecule has 0 radical (unpaired) electrons. The number of rotatable bonds is 3. The van der Waals surface area contributed by atoms with E-state index in [0.717, 1.165) is 5.56 Å². The lowest BCUT2D eigenvalue weighted by molar-refractivity contribution is 0.258. The van der Waals surface area contributed by atoms with Gasteiger partial charge in [0.2, 0.25) is 10.0 Å². The lowest BCUT2D eigenvalue weighted by Gasteiger charge is -2.39. The second-order valence-electron chi connectivity index (χ2n) is 5.35. The van der Waals surface area contributed by atoms with Gasteiger partial charge in [0.25, 0.3) is 0 Å². The van der Waals surface area contributed by atoms with Gasteiger partial charge in [-0.2, -0.15) is 5.21 Å². The minimum absolute atomic E-state index is 0.380. The summed E-state index contributed by atoms with van der Waals surface area (Å²) in [5, 5.41) is 14.5. The van der Waals surface area contributed by atoms with Crippen LogP contribution in [0.15, 0.2) is 30.3 Å². The number of nitrogens with one attached hydrogen (secondary N) is 1. The summed E-state index contributed by atoms with van der Waals surface area (Å²) < 4.78 is 24.9. The van der Waals surface area contributed by atoms with Crippen LogP contribution in [0.4, 0.5) is 0 Å². The smallest absolute Gasteiger partial charge is 0.211 e. The molecule has 0 saturated carbocycles. The minimum atomic E-state index is -3.16. The zero-order chi connectivity index (χ0) is 14.9. The monoisotopic (exact) mass is 307 g/mol. The highest BCUT2D eigenvalue weighted by Gasteiger charge is 2.42. The summed E-state index contributed by atoms with van der Waals surface area (Å²) >= 11 is 0. The quantitative estimate of drug-likeness (QED) is 0.893.